The number of rotatable bonds is 4. The molecule has 3 nitrogen and oxygen atoms in total. The minimum atomic E-state index is 0.494. The smallest absolute Gasteiger partial charge is 0.186 e. The van der Waals surface area contributed by atoms with Crippen LogP contribution in [0.25, 0.3) is 0 Å². The summed E-state index contributed by atoms with van der Waals surface area (Å²) in [5, 5.41) is 4.89. The molecule has 1 fully saturated rings. The van der Waals surface area contributed by atoms with Crippen LogP contribution in [0.3, 0.4) is 0 Å². The van der Waals surface area contributed by atoms with Gasteiger partial charge in [0.05, 0.1) is 11.7 Å². The van der Waals surface area contributed by atoms with Crippen LogP contribution in [0.15, 0.2) is 0 Å². The Morgan fingerprint density at radius 1 is 1.35 bits per heavy atom. The van der Waals surface area contributed by atoms with Crippen molar-refractivity contribution >= 4 is 16.5 Å². The molecule has 112 valence electrons. The number of fused-ring (bicyclic) bond motifs is 1. The fourth-order valence-electron chi connectivity index (χ4n) is 3.70. The van der Waals surface area contributed by atoms with E-state index in [2.05, 4.69) is 31.0 Å². The molecule has 1 aromatic rings. The first-order valence-electron chi connectivity index (χ1n) is 8.20. The van der Waals surface area contributed by atoms with Gasteiger partial charge in [-0.2, -0.15) is 0 Å². The van der Waals surface area contributed by atoms with Crippen LogP contribution >= 0.6 is 11.3 Å². The van der Waals surface area contributed by atoms with Gasteiger partial charge in [0.1, 0.15) is 0 Å². The Kier molecular flexibility index (Phi) is 4.32. The summed E-state index contributed by atoms with van der Waals surface area (Å²) < 4.78 is 0. The van der Waals surface area contributed by atoms with Crippen molar-refractivity contribution in [3.8, 4) is 0 Å². The second kappa shape index (κ2) is 6.02. The van der Waals surface area contributed by atoms with Gasteiger partial charge in [0.25, 0.3) is 0 Å². The summed E-state index contributed by atoms with van der Waals surface area (Å²) in [6.45, 7) is 9.11. The summed E-state index contributed by atoms with van der Waals surface area (Å²) in [5.74, 6) is 0.725. The molecule has 0 amide bonds. The van der Waals surface area contributed by atoms with E-state index in [-0.39, 0.29) is 0 Å². The zero-order valence-corrected chi connectivity index (χ0v) is 13.8. The average Bonchev–Trinajstić information content (AvgIpc) is 3.05. The highest BCUT2D eigenvalue weighted by atomic mass is 32.1. The fourth-order valence-corrected chi connectivity index (χ4v) is 4.94. The van der Waals surface area contributed by atoms with Gasteiger partial charge in [-0.05, 0) is 44.6 Å². The van der Waals surface area contributed by atoms with E-state index >= 15 is 0 Å². The van der Waals surface area contributed by atoms with Crippen molar-refractivity contribution in [2.75, 3.05) is 18.0 Å². The van der Waals surface area contributed by atoms with Crippen LogP contribution in [0.5, 0.6) is 0 Å². The maximum Gasteiger partial charge on any atom is 0.186 e. The molecule has 0 spiro atoms. The third-order valence-corrected chi connectivity index (χ3v) is 5.88. The standard InChI is InChI=1S/C16H27N3S/c1-4-17-12-7-5-9-14-15(12)18-16(20-14)19-10-6-8-13(19)11(2)3/h11-13,17H,4-10H2,1-3H3. The molecule has 4 heteroatoms. The number of thiazole rings is 1. The van der Waals surface area contributed by atoms with E-state index in [0.29, 0.717) is 12.1 Å². The number of anilines is 1. The topological polar surface area (TPSA) is 28.2 Å². The molecule has 1 aliphatic heterocycles. The molecule has 2 unspecified atom stereocenters. The Bertz CT molecular complexity index is 455. The molecule has 20 heavy (non-hydrogen) atoms. The fraction of sp³-hybridized carbons (Fsp3) is 0.812. The Balaban J connectivity index is 1.85. The molecule has 3 rings (SSSR count). The Hall–Kier alpha value is -0.610. The molecular formula is C16H27N3S. The molecule has 1 aromatic heterocycles. The third kappa shape index (κ3) is 2.60. The molecule has 1 aliphatic carbocycles. The van der Waals surface area contributed by atoms with Gasteiger partial charge in [0, 0.05) is 17.5 Å². The van der Waals surface area contributed by atoms with E-state index in [1.165, 1.54) is 54.4 Å². The summed E-state index contributed by atoms with van der Waals surface area (Å²) in [6, 6.07) is 1.19. The first-order chi connectivity index (χ1) is 9.70. The highest BCUT2D eigenvalue weighted by Crippen LogP contribution is 2.39. The summed E-state index contributed by atoms with van der Waals surface area (Å²) >= 11 is 1.96. The van der Waals surface area contributed by atoms with Crippen molar-refractivity contribution in [3.05, 3.63) is 10.6 Å². The van der Waals surface area contributed by atoms with Crippen molar-refractivity contribution in [1.82, 2.24) is 10.3 Å². The Labute approximate surface area is 126 Å². The summed E-state index contributed by atoms with van der Waals surface area (Å²) in [7, 11) is 0. The number of nitrogens with one attached hydrogen (secondary N) is 1. The van der Waals surface area contributed by atoms with Crippen LogP contribution in [0.4, 0.5) is 5.13 Å². The van der Waals surface area contributed by atoms with Gasteiger partial charge in [-0.25, -0.2) is 4.98 Å². The lowest BCUT2D eigenvalue weighted by molar-refractivity contribution is 0.463. The van der Waals surface area contributed by atoms with E-state index in [4.69, 9.17) is 4.98 Å². The highest BCUT2D eigenvalue weighted by molar-refractivity contribution is 7.15. The number of aromatic nitrogens is 1. The van der Waals surface area contributed by atoms with Crippen LogP contribution in [0.2, 0.25) is 0 Å². The first kappa shape index (κ1) is 14.3. The normalized spacial score (nSPS) is 26.3. The van der Waals surface area contributed by atoms with Crippen LogP contribution in [0.1, 0.15) is 63.1 Å². The van der Waals surface area contributed by atoms with Crippen LogP contribution in [-0.2, 0) is 6.42 Å². The van der Waals surface area contributed by atoms with E-state index in [9.17, 15) is 0 Å². The molecule has 2 atom stereocenters. The van der Waals surface area contributed by atoms with Crippen molar-refractivity contribution in [1.29, 1.82) is 0 Å². The Morgan fingerprint density at radius 2 is 2.20 bits per heavy atom. The predicted molar refractivity (Wildman–Crippen MR) is 86.7 cm³/mol. The predicted octanol–water partition coefficient (Wildman–Crippen LogP) is 3.75. The molecule has 0 saturated carbocycles. The summed E-state index contributed by atoms with van der Waals surface area (Å²) in [5.41, 5.74) is 1.35. The van der Waals surface area contributed by atoms with Crippen molar-refractivity contribution in [2.45, 2.75) is 65.0 Å². The maximum atomic E-state index is 5.05. The zero-order chi connectivity index (χ0) is 14.1. The second-order valence-corrected chi connectivity index (χ2v) is 7.52. The molecular weight excluding hydrogens is 266 g/mol. The quantitative estimate of drug-likeness (QED) is 0.916. The highest BCUT2D eigenvalue weighted by Gasteiger charge is 2.32. The number of aryl methyl sites for hydroxylation is 1. The maximum absolute atomic E-state index is 5.05. The second-order valence-electron chi connectivity index (χ2n) is 6.45. The van der Waals surface area contributed by atoms with E-state index < -0.39 is 0 Å². The Morgan fingerprint density at radius 3 is 2.95 bits per heavy atom. The molecule has 1 saturated heterocycles. The molecule has 2 heterocycles. The monoisotopic (exact) mass is 293 g/mol. The van der Waals surface area contributed by atoms with Gasteiger partial charge >= 0.3 is 0 Å². The number of nitrogens with zero attached hydrogens (tertiary/aromatic N) is 2. The molecule has 0 aromatic carbocycles. The first-order valence-corrected chi connectivity index (χ1v) is 9.02. The average molecular weight is 293 g/mol. The van der Waals surface area contributed by atoms with E-state index in [1.807, 2.05) is 11.3 Å². The van der Waals surface area contributed by atoms with Gasteiger partial charge in [0.15, 0.2) is 5.13 Å². The summed E-state index contributed by atoms with van der Waals surface area (Å²) in [4.78, 5) is 9.16. The van der Waals surface area contributed by atoms with Crippen molar-refractivity contribution < 1.29 is 0 Å². The van der Waals surface area contributed by atoms with Gasteiger partial charge in [-0.3, -0.25) is 0 Å². The lowest BCUT2D eigenvalue weighted by Crippen LogP contribution is -2.33. The van der Waals surface area contributed by atoms with E-state index in [0.717, 1.165) is 12.5 Å². The minimum Gasteiger partial charge on any atom is -0.345 e. The molecule has 0 radical (unpaired) electrons. The largest absolute Gasteiger partial charge is 0.345 e. The van der Waals surface area contributed by atoms with Crippen molar-refractivity contribution in [3.63, 3.8) is 0 Å². The summed E-state index contributed by atoms with van der Waals surface area (Å²) in [6.07, 6.45) is 6.44. The number of hydrogen-bond acceptors (Lipinski definition) is 4. The van der Waals surface area contributed by atoms with Gasteiger partial charge in [-0.15, -0.1) is 11.3 Å². The van der Waals surface area contributed by atoms with Crippen molar-refractivity contribution in [2.24, 2.45) is 5.92 Å². The minimum absolute atomic E-state index is 0.494. The lowest BCUT2D eigenvalue weighted by Gasteiger charge is -2.27. The van der Waals surface area contributed by atoms with Crippen LogP contribution < -0.4 is 10.2 Å². The van der Waals surface area contributed by atoms with Crippen LogP contribution in [0, 0.1) is 5.92 Å². The SMILES string of the molecule is CCNC1CCCc2sc(N3CCCC3C(C)C)nc21. The van der Waals surface area contributed by atoms with Gasteiger partial charge in [0.2, 0.25) is 0 Å². The zero-order valence-electron chi connectivity index (χ0n) is 13.0. The van der Waals surface area contributed by atoms with Gasteiger partial charge in [-0.1, -0.05) is 20.8 Å². The number of hydrogen-bond donors (Lipinski definition) is 1. The lowest BCUT2D eigenvalue weighted by atomic mass is 9.98. The molecule has 0 bridgehead atoms. The van der Waals surface area contributed by atoms with Gasteiger partial charge < -0.3 is 10.2 Å². The van der Waals surface area contributed by atoms with E-state index in [1.54, 1.807) is 0 Å². The molecule has 2 aliphatic rings. The van der Waals surface area contributed by atoms with Crippen LogP contribution in [-0.4, -0.2) is 24.1 Å². The third-order valence-electron chi connectivity index (χ3n) is 4.71. The molecule has 1 N–H and O–H groups in total.